The van der Waals surface area contributed by atoms with Crippen molar-refractivity contribution in [2.45, 2.75) is 44.7 Å². The van der Waals surface area contributed by atoms with Crippen LogP contribution in [0.3, 0.4) is 0 Å². The maximum Gasteiger partial charge on any atom is 0.223 e. The second-order valence-corrected chi connectivity index (χ2v) is 6.44. The van der Waals surface area contributed by atoms with Gasteiger partial charge in [0.15, 0.2) is 0 Å². The predicted molar refractivity (Wildman–Crippen MR) is 85.3 cm³/mol. The third kappa shape index (κ3) is 3.05. The van der Waals surface area contributed by atoms with Gasteiger partial charge in [-0.05, 0) is 44.2 Å². The highest BCUT2D eigenvalue weighted by atomic mass is 16.1. The molecule has 3 atom stereocenters. The molecule has 2 aliphatic rings. The van der Waals surface area contributed by atoms with Gasteiger partial charge in [-0.25, -0.2) is 0 Å². The monoisotopic (exact) mass is 287 g/mol. The Kier molecular flexibility index (Phi) is 4.15. The molecule has 1 saturated carbocycles. The van der Waals surface area contributed by atoms with Crippen LogP contribution in [0.5, 0.6) is 0 Å². The van der Waals surface area contributed by atoms with Crippen LogP contribution < -0.4 is 16.0 Å². The van der Waals surface area contributed by atoms with Crippen LogP contribution in [0, 0.1) is 5.92 Å². The zero-order chi connectivity index (χ0) is 14.8. The second-order valence-electron chi connectivity index (χ2n) is 6.44. The normalized spacial score (nSPS) is 27.7. The molecule has 3 N–H and O–H groups in total. The van der Waals surface area contributed by atoms with Crippen LogP contribution in [0.25, 0.3) is 0 Å². The molecular formula is C17H25N3O. The molecule has 0 radical (unpaired) electrons. The lowest BCUT2D eigenvalue weighted by Gasteiger charge is -2.25. The van der Waals surface area contributed by atoms with Gasteiger partial charge in [-0.15, -0.1) is 0 Å². The van der Waals surface area contributed by atoms with Crippen molar-refractivity contribution in [2.24, 2.45) is 11.7 Å². The molecule has 0 bridgehead atoms. The Morgan fingerprint density at radius 2 is 2.19 bits per heavy atom. The van der Waals surface area contributed by atoms with Crippen molar-refractivity contribution in [1.29, 1.82) is 0 Å². The summed E-state index contributed by atoms with van der Waals surface area (Å²) in [5.74, 6) is 0.311. The highest BCUT2D eigenvalue weighted by Gasteiger charge is 2.28. The van der Waals surface area contributed by atoms with Gasteiger partial charge in [0.1, 0.15) is 0 Å². The smallest absolute Gasteiger partial charge is 0.223 e. The van der Waals surface area contributed by atoms with Crippen LogP contribution >= 0.6 is 0 Å². The first-order valence-electron chi connectivity index (χ1n) is 8.03. The van der Waals surface area contributed by atoms with Gasteiger partial charge in [0.25, 0.3) is 0 Å². The molecular weight excluding hydrogens is 262 g/mol. The van der Waals surface area contributed by atoms with E-state index in [1.165, 1.54) is 11.3 Å². The van der Waals surface area contributed by atoms with Crippen LogP contribution in [-0.2, 0) is 11.2 Å². The van der Waals surface area contributed by atoms with Crippen molar-refractivity contribution in [3.63, 3.8) is 0 Å². The van der Waals surface area contributed by atoms with Gasteiger partial charge >= 0.3 is 0 Å². The van der Waals surface area contributed by atoms with Crippen molar-refractivity contribution in [2.75, 3.05) is 18.0 Å². The Balaban J connectivity index is 1.51. The van der Waals surface area contributed by atoms with Crippen molar-refractivity contribution >= 4 is 11.6 Å². The number of carbonyl (C=O) groups excluding carboxylic acids is 1. The van der Waals surface area contributed by atoms with Crippen LogP contribution in [0.15, 0.2) is 24.3 Å². The molecule has 1 aliphatic carbocycles. The third-order valence-corrected chi connectivity index (χ3v) is 4.84. The maximum absolute atomic E-state index is 12.1. The summed E-state index contributed by atoms with van der Waals surface area (Å²) < 4.78 is 0. The largest absolute Gasteiger partial charge is 0.367 e. The zero-order valence-electron chi connectivity index (χ0n) is 12.7. The molecule has 4 heteroatoms. The van der Waals surface area contributed by atoms with E-state index < -0.39 is 0 Å². The molecule has 1 aliphatic heterocycles. The third-order valence-electron chi connectivity index (χ3n) is 4.84. The minimum atomic E-state index is 0.128. The van der Waals surface area contributed by atoms with E-state index in [4.69, 9.17) is 5.73 Å². The number of carbonyl (C=O) groups is 1. The highest BCUT2D eigenvalue weighted by Crippen LogP contribution is 2.31. The molecule has 0 aromatic heterocycles. The number of rotatable bonds is 4. The van der Waals surface area contributed by atoms with Crippen molar-refractivity contribution < 1.29 is 4.79 Å². The van der Waals surface area contributed by atoms with E-state index >= 15 is 0 Å². The SMILES string of the molecule is C[C@@H]1Cc2ccccc2N1CCNC(=O)[C@H]1CC[C@H](N)C1. The standard InChI is InChI=1S/C17H25N3O/c1-12-10-13-4-2-3-5-16(13)20(12)9-8-19-17(21)14-6-7-15(18)11-14/h2-5,12,14-15H,6-11,18H2,1H3,(H,19,21)/t12-,14+,15+/m1/s1. The summed E-state index contributed by atoms with van der Waals surface area (Å²) in [4.78, 5) is 14.5. The van der Waals surface area contributed by atoms with Gasteiger partial charge in [-0.3, -0.25) is 4.79 Å². The Morgan fingerprint density at radius 3 is 2.95 bits per heavy atom. The molecule has 1 amide bonds. The number of hydrogen-bond acceptors (Lipinski definition) is 3. The number of para-hydroxylation sites is 1. The minimum Gasteiger partial charge on any atom is -0.367 e. The van der Waals surface area contributed by atoms with E-state index in [0.717, 1.165) is 32.2 Å². The molecule has 0 unspecified atom stereocenters. The number of amides is 1. The van der Waals surface area contributed by atoms with Crippen LogP contribution in [-0.4, -0.2) is 31.1 Å². The van der Waals surface area contributed by atoms with Crippen molar-refractivity contribution in [3.05, 3.63) is 29.8 Å². The first-order valence-corrected chi connectivity index (χ1v) is 8.03. The fraction of sp³-hybridized carbons (Fsp3) is 0.588. The fourth-order valence-corrected chi connectivity index (χ4v) is 3.67. The van der Waals surface area contributed by atoms with Crippen molar-refractivity contribution in [1.82, 2.24) is 5.32 Å². The number of hydrogen-bond donors (Lipinski definition) is 2. The lowest BCUT2D eigenvalue weighted by Crippen LogP contribution is -2.39. The summed E-state index contributed by atoms with van der Waals surface area (Å²) >= 11 is 0. The Hall–Kier alpha value is -1.55. The van der Waals surface area contributed by atoms with Crippen LogP contribution in [0.1, 0.15) is 31.7 Å². The number of nitrogens with one attached hydrogen (secondary N) is 1. The van der Waals surface area contributed by atoms with E-state index in [-0.39, 0.29) is 17.9 Å². The molecule has 3 rings (SSSR count). The summed E-state index contributed by atoms with van der Waals surface area (Å²) in [6.07, 6.45) is 3.86. The Labute approximate surface area is 126 Å². The van der Waals surface area contributed by atoms with Gasteiger partial charge in [0.05, 0.1) is 0 Å². The lowest BCUT2D eigenvalue weighted by molar-refractivity contribution is -0.124. The molecule has 1 fully saturated rings. The minimum absolute atomic E-state index is 0.128. The highest BCUT2D eigenvalue weighted by molar-refractivity contribution is 5.79. The summed E-state index contributed by atoms with van der Waals surface area (Å²) in [7, 11) is 0. The number of benzene rings is 1. The molecule has 21 heavy (non-hydrogen) atoms. The average Bonchev–Trinajstić information content (AvgIpc) is 3.03. The molecule has 1 aromatic carbocycles. The Morgan fingerprint density at radius 1 is 1.38 bits per heavy atom. The molecule has 4 nitrogen and oxygen atoms in total. The first-order chi connectivity index (χ1) is 10.1. The topological polar surface area (TPSA) is 58.4 Å². The van der Waals surface area contributed by atoms with Gasteiger partial charge in [-0.2, -0.15) is 0 Å². The van der Waals surface area contributed by atoms with E-state index in [1.807, 2.05) is 0 Å². The molecule has 1 heterocycles. The van der Waals surface area contributed by atoms with E-state index in [2.05, 4.69) is 41.4 Å². The van der Waals surface area contributed by atoms with Gasteiger partial charge in [0.2, 0.25) is 5.91 Å². The molecule has 1 aromatic rings. The maximum atomic E-state index is 12.1. The fourth-order valence-electron chi connectivity index (χ4n) is 3.67. The summed E-state index contributed by atoms with van der Waals surface area (Å²) in [5.41, 5.74) is 8.61. The van der Waals surface area contributed by atoms with Crippen LogP contribution in [0.4, 0.5) is 5.69 Å². The van der Waals surface area contributed by atoms with E-state index in [0.29, 0.717) is 12.6 Å². The Bertz CT molecular complexity index is 517. The molecule has 114 valence electrons. The van der Waals surface area contributed by atoms with Crippen LogP contribution in [0.2, 0.25) is 0 Å². The lowest BCUT2D eigenvalue weighted by atomic mass is 10.1. The predicted octanol–water partition coefficient (Wildman–Crippen LogP) is 1.68. The summed E-state index contributed by atoms with van der Waals surface area (Å²) in [6.45, 7) is 3.84. The average molecular weight is 287 g/mol. The van der Waals surface area contributed by atoms with E-state index in [1.54, 1.807) is 0 Å². The zero-order valence-corrected chi connectivity index (χ0v) is 12.7. The molecule has 0 spiro atoms. The van der Waals surface area contributed by atoms with E-state index in [9.17, 15) is 4.79 Å². The number of anilines is 1. The number of fused-ring (bicyclic) bond motifs is 1. The first kappa shape index (κ1) is 14.4. The van der Waals surface area contributed by atoms with Gasteiger partial charge in [-0.1, -0.05) is 18.2 Å². The van der Waals surface area contributed by atoms with Gasteiger partial charge in [0, 0.05) is 36.8 Å². The quantitative estimate of drug-likeness (QED) is 0.886. The summed E-state index contributed by atoms with van der Waals surface area (Å²) in [6, 6.07) is 9.29. The number of nitrogens with two attached hydrogens (primary N) is 1. The number of nitrogens with zero attached hydrogens (tertiary/aromatic N) is 1. The van der Waals surface area contributed by atoms with Crippen molar-refractivity contribution in [3.8, 4) is 0 Å². The molecule has 0 saturated heterocycles. The van der Waals surface area contributed by atoms with Gasteiger partial charge < -0.3 is 16.0 Å². The summed E-state index contributed by atoms with van der Waals surface area (Å²) in [5, 5.41) is 3.09. The second kappa shape index (κ2) is 6.06.